The minimum absolute atomic E-state index is 0.521. The molecule has 76 valence electrons. The molecule has 1 heterocycles. The maximum atomic E-state index is 5.50. The molecule has 0 spiro atoms. The van der Waals surface area contributed by atoms with E-state index in [0.717, 1.165) is 15.8 Å². The standard InChI is InChI=1S/C11H10BrN3/c12-9-3-1-2-4-10(9)15-8-5-6-11(13)14-7-8/h1-7,15H,(H2,13,14). The lowest BCUT2D eigenvalue weighted by atomic mass is 10.3. The molecule has 0 saturated heterocycles. The molecule has 0 atom stereocenters. The summed E-state index contributed by atoms with van der Waals surface area (Å²) in [4.78, 5) is 4.00. The van der Waals surface area contributed by atoms with Gasteiger partial charge < -0.3 is 11.1 Å². The SMILES string of the molecule is Nc1ccc(Nc2ccccc2Br)cn1. The van der Waals surface area contributed by atoms with Gasteiger partial charge in [-0.2, -0.15) is 0 Å². The fraction of sp³-hybridized carbons (Fsp3) is 0. The van der Waals surface area contributed by atoms with Gasteiger partial charge in [-0.15, -0.1) is 0 Å². The van der Waals surface area contributed by atoms with Gasteiger partial charge in [0.15, 0.2) is 0 Å². The van der Waals surface area contributed by atoms with Crippen molar-refractivity contribution in [2.45, 2.75) is 0 Å². The van der Waals surface area contributed by atoms with Crippen LogP contribution in [0.1, 0.15) is 0 Å². The van der Waals surface area contributed by atoms with Crippen LogP contribution < -0.4 is 11.1 Å². The number of hydrogen-bond donors (Lipinski definition) is 2. The van der Waals surface area contributed by atoms with Crippen LogP contribution in [-0.2, 0) is 0 Å². The molecule has 0 aliphatic rings. The Morgan fingerprint density at radius 2 is 1.93 bits per heavy atom. The summed E-state index contributed by atoms with van der Waals surface area (Å²) in [5, 5.41) is 3.23. The molecule has 0 radical (unpaired) electrons. The van der Waals surface area contributed by atoms with E-state index in [1.165, 1.54) is 0 Å². The predicted molar refractivity (Wildman–Crippen MR) is 66.1 cm³/mol. The number of benzene rings is 1. The number of rotatable bonds is 2. The Labute approximate surface area is 96.5 Å². The topological polar surface area (TPSA) is 50.9 Å². The van der Waals surface area contributed by atoms with Crippen LogP contribution in [0, 0.1) is 0 Å². The van der Waals surface area contributed by atoms with E-state index in [1.54, 1.807) is 12.3 Å². The molecule has 3 N–H and O–H groups in total. The molecule has 4 heteroatoms. The van der Waals surface area contributed by atoms with Crippen LogP contribution >= 0.6 is 15.9 Å². The molecule has 1 aromatic carbocycles. The lowest BCUT2D eigenvalue weighted by molar-refractivity contribution is 1.33. The number of nitrogens with one attached hydrogen (secondary N) is 1. The van der Waals surface area contributed by atoms with Crippen molar-refractivity contribution >= 4 is 33.1 Å². The monoisotopic (exact) mass is 263 g/mol. The maximum absolute atomic E-state index is 5.50. The van der Waals surface area contributed by atoms with Crippen molar-refractivity contribution in [2.24, 2.45) is 0 Å². The Kier molecular flexibility index (Phi) is 2.87. The molecule has 0 saturated carbocycles. The van der Waals surface area contributed by atoms with Crippen molar-refractivity contribution in [3.63, 3.8) is 0 Å². The summed E-state index contributed by atoms with van der Waals surface area (Å²) in [7, 11) is 0. The molecule has 2 rings (SSSR count). The van der Waals surface area contributed by atoms with Crippen LogP contribution in [0.2, 0.25) is 0 Å². The summed E-state index contributed by atoms with van der Waals surface area (Å²) in [5.41, 5.74) is 7.42. The van der Waals surface area contributed by atoms with Gasteiger partial charge in [-0.25, -0.2) is 4.98 Å². The number of para-hydroxylation sites is 1. The lowest BCUT2D eigenvalue weighted by Gasteiger charge is -2.07. The smallest absolute Gasteiger partial charge is 0.123 e. The van der Waals surface area contributed by atoms with Gasteiger partial charge in [-0.1, -0.05) is 12.1 Å². The quantitative estimate of drug-likeness (QED) is 0.875. The van der Waals surface area contributed by atoms with Gasteiger partial charge >= 0.3 is 0 Å². The highest BCUT2D eigenvalue weighted by molar-refractivity contribution is 9.10. The third-order valence-corrected chi connectivity index (χ3v) is 2.63. The molecule has 0 amide bonds. The van der Waals surface area contributed by atoms with Gasteiger partial charge in [0.2, 0.25) is 0 Å². The minimum Gasteiger partial charge on any atom is -0.384 e. The second kappa shape index (κ2) is 4.31. The van der Waals surface area contributed by atoms with Crippen molar-refractivity contribution in [3.05, 3.63) is 47.1 Å². The first-order chi connectivity index (χ1) is 7.25. The number of nitrogens with two attached hydrogens (primary N) is 1. The highest BCUT2D eigenvalue weighted by Gasteiger charge is 1.98. The second-order valence-electron chi connectivity index (χ2n) is 3.08. The first kappa shape index (κ1) is 9.98. The third-order valence-electron chi connectivity index (χ3n) is 1.94. The van der Waals surface area contributed by atoms with Gasteiger partial charge in [0.25, 0.3) is 0 Å². The van der Waals surface area contributed by atoms with Crippen LogP contribution in [-0.4, -0.2) is 4.98 Å². The van der Waals surface area contributed by atoms with E-state index in [9.17, 15) is 0 Å². The van der Waals surface area contributed by atoms with E-state index in [4.69, 9.17) is 5.73 Å². The number of hydrogen-bond acceptors (Lipinski definition) is 3. The largest absolute Gasteiger partial charge is 0.384 e. The molecule has 0 unspecified atom stereocenters. The van der Waals surface area contributed by atoms with Crippen LogP contribution in [0.5, 0.6) is 0 Å². The fourth-order valence-electron chi connectivity index (χ4n) is 1.20. The molecule has 1 aromatic heterocycles. The highest BCUT2D eigenvalue weighted by atomic mass is 79.9. The number of nitrogen functional groups attached to an aromatic ring is 1. The van der Waals surface area contributed by atoms with Crippen LogP contribution in [0.3, 0.4) is 0 Å². The predicted octanol–water partition coefficient (Wildman–Crippen LogP) is 3.17. The number of halogens is 1. The van der Waals surface area contributed by atoms with E-state index in [-0.39, 0.29) is 0 Å². The van der Waals surface area contributed by atoms with Crippen LogP contribution in [0.25, 0.3) is 0 Å². The molecule has 0 fully saturated rings. The zero-order valence-electron chi connectivity index (χ0n) is 7.94. The average Bonchev–Trinajstić information content (AvgIpc) is 2.25. The molecule has 15 heavy (non-hydrogen) atoms. The van der Waals surface area contributed by atoms with Gasteiger partial charge in [0.1, 0.15) is 5.82 Å². The van der Waals surface area contributed by atoms with E-state index < -0.39 is 0 Å². The zero-order chi connectivity index (χ0) is 10.7. The number of aromatic nitrogens is 1. The zero-order valence-corrected chi connectivity index (χ0v) is 9.53. The van der Waals surface area contributed by atoms with Crippen molar-refractivity contribution in [2.75, 3.05) is 11.1 Å². The lowest BCUT2D eigenvalue weighted by Crippen LogP contribution is -1.94. The first-order valence-corrected chi connectivity index (χ1v) is 5.28. The average molecular weight is 264 g/mol. The van der Waals surface area contributed by atoms with Crippen LogP contribution in [0.4, 0.5) is 17.2 Å². The van der Waals surface area contributed by atoms with E-state index in [1.807, 2.05) is 30.3 Å². The normalized spacial score (nSPS) is 9.93. The van der Waals surface area contributed by atoms with Crippen molar-refractivity contribution in [1.82, 2.24) is 4.98 Å². The summed E-state index contributed by atoms with van der Waals surface area (Å²) in [6.45, 7) is 0. The third kappa shape index (κ3) is 2.47. The number of pyridine rings is 1. The first-order valence-electron chi connectivity index (χ1n) is 4.49. The molecule has 0 bridgehead atoms. The second-order valence-corrected chi connectivity index (χ2v) is 3.93. The van der Waals surface area contributed by atoms with E-state index in [2.05, 4.69) is 26.2 Å². The van der Waals surface area contributed by atoms with Crippen molar-refractivity contribution in [1.29, 1.82) is 0 Å². The summed E-state index contributed by atoms with van der Waals surface area (Å²) in [6, 6.07) is 11.6. The van der Waals surface area contributed by atoms with E-state index in [0.29, 0.717) is 5.82 Å². The van der Waals surface area contributed by atoms with Gasteiger partial charge in [0, 0.05) is 4.47 Å². The summed E-state index contributed by atoms with van der Waals surface area (Å²) in [6.07, 6.45) is 1.70. The number of nitrogens with zero attached hydrogens (tertiary/aromatic N) is 1. The number of anilines is 3. The molecule has 0 aliphatic carbocycles. The van der Waals surface area contributed by atoms with Gasteiger partial charge in [0.05, 0.1) is 17.6 Å². The van der Waals surface area contributed by atoms with Gasteiger partial charge in [-0.3, -0.25) is 0 Å². The molecule has 3 nitrogen and oxygen atoms in total. The molecular formula is C11H10BrN3. The Bertz CT molecular complexity index is 454. The van der Waals surface area contributed by atoms with Crippen molar-refractivity contribution in [3.8, 4) is 0 Å². The summed E-state index contributed by atoms with van der Waals surface area (Å²) in [5.74, 6) is 0.521. The Morgan fingerprint density at radius 3 is 2.60 bits per heavy atom. The van der Waals surface area contributed by atoms with Gasteiger partial charge in [-0.05, 0) is 40.2 Å². The molecular weight excluding hydrogens is 254 g/mol. The summed E-state index contributed by atoms with van der Waals surface area (Å²) >= 11 is 3.46. The Balaban J connectivity index is 2.22. The molecule has 2 aromatic rings. The highest BCUT2D eigenvalue weighted by Crippen LogP contribution is 2.24. The Morgan fingerprint density at radius 1 is 1.13 bits per heavy atom. The minimum atomic E-state index is 0.521. The fourth-order valence-corrected chi connectivity index (χ4v) is 1.58. The Hall–Kier alpha value is -1.55. The van der Waals surface area contributed by atoms with Crippen LogP contribution in [0.15, 0.2) is 47.1 Å². The maximum Gasteiger partial charge on any atom is 0.123 e. The van der Waals surface area contributed by atoms with Crippen molar-refractivity contribution < 1.29 is 0 Å². The van der Waals surface area contributed by atoms with E-state index >= 15 is 0 Å². The molecule has 0 aliphatic heterocycles. The summed E-state index contributed by atoms with van der Waals surface area (Å²) < 4.78 is 1.02.